The number of fused-ring (bicyclic) bond motifs is 1. The van der Waals surface area contributed by atoms with Crippen molar-refractivity contribution in [2.24, 2.45) is 0 Å². The summed E-state index contributed by atoms with van der Waals surface area (Å²) in [5, 5.41) is 13.6. The molecule has 1 aliphatic rings. The number of nitrogens with zero attached hydrogens (tertiary/aromatic N) is 3. The van der Waals surface area contributed by atoms with Gasteiger partial charge in [0.2, 0.25) is 0 Å². The summed E-state index contributed by atoms with van der Waals surface area (Å²) in [4.78, 5) is 26.2. The molecule has 1 aliphatic heterocycles. The van der Waals surface area contributed by atoms with Gasteiger partial charge in [0.1, 0.15) is 5.69 Å². The highest BCUT2D eigenvalue weighted by Gasteiger charge is 2.22. The van der Waals surface area contributed by atoms with Gasteiger partial charge in [-0.15, -0.1) is 0 Å². The minimum absolute atomic E-state index is 0.0321. The second-order valence-electron chi connectivity index (χ2n) is 4.67. The van der Waals surface area contributed by atoms with Crippen LogP contribution in [0.5, 0.6) is 0 Å². The van der Waals surface area contributed by atoms with Crippen molar-refractivity contribution in [2.45, 2.75) is 25.5 Å². The normalized spacial score (nSPS) is 19.1. The molecule has 3 heterocycles. The van der Waals surface area contributed by atoms with Crippen molar-refractivity contribution >= 4 is 23.3 Å². The average molecular weight is 275 g/mol. The van der Waals surface area contributed by atoms with E-state index in [1.165, 1.54) is 12.3 Å². The van der Waals surface area contributed by atoms with Crippen molar-refractivity contribution < 1.29 is 19.4 Å². The first-order chi connectivity index (χ1) is 9.70. The molecule has 1 fully saturated rings. The smallest absolute Gasteiger partial charge is 0.337 e. The number of hydrogen-bond acceptors (Lipinski definition) is 5. The molecular formula is C13H13N3O4. The molecular weight excluding hydrogens is 262 g/mol. The Bertz CT molecular complexity index is 674. The third kappa shape index (κ3) is 2.05. The van der Waals surface area contributed by atoms with E-state index >= 15 is 0 Å². The number of aromatic nitrogens is 3. The summed E-state index contributed by atoms with van der Waals surface area (Å²) in [6, 6.07) is 1.42. The van der Waals surface area contributed by atoms with Crippen molar-refractivity contribution in [3.63, 3.8) is 0 Å². The highest BCUT2D eigenvalue weighted by atomic mass is 16.5. The molecule has 7 heteroatoms. The summed E-state index contributed by atoms with van der Waals surface area (Å²) in [7, 11) is 0. The van der Waals surface area contributed by atoms with Crippen LogP contribution in [0.3, 0.4) is 0 Å². The Hall–Kier alpha value is -2.28. The van der Waals surface area contributed by atoms with Gasteiger partial charge in [0.05, 0.1) is 10.9 Å². The molecule has 2 aromatic rings. The Morgan fingerprint density at radius 1 is 1.50 bits per heavy atom. The fraction of sp³-hybridized carbons (Fsp3) is 0.385. The minimum Gasteiger partial charge on any atom is -0.478 e. The Kier molecular flexibility index (Phi) is 3.19. The summed E-state index contributed by atoms with van der Waals surface area (Å²) in [5.74, 6) is -1.09. The molecule has 1 N–H and O–H groups in total. The number of carbonyl (C=O) groups excluding carboxylic acids is 1. The van der Waals surface area contributed by atoms with Crippen LogP contribution in [-0.4, -0.2) is 38.7 Å². The quantitative estimate of drug-likeness (QED) is 0.856. The SMILES string of the molecule is O=Cc1nn(C2CCCCO2)c2ncc(C(=O)O)cc12. The van der Waals surface area contributed by atoms with Crippen molar-refractivity contribution in [2.75, 3.05) is 6.61 Å². The maximum Gasteiger partial charge on any atom is 0.337 e. The van der Waals surface area contributed by atoms with E-state index in [1.807, 2.05) is 0 Å². The van der Waals surface area contributed by atoms with E-state index in [9.17, 15) is 9.59 Å². The van der Waals surface area contributed by atoms with Gasteiger partial charge < -0.3 is 9.84 Å². The van der Waals surface area contributed by atoms with Gasteiger partial charge in [-0.3, -0.25) is 4.79 Å². The molecule has 0 spiro atoms. The molecule has 1 atom stereocenters. The number of rotatable bonds is 3. The molecule has 20 heavy (non-hydrogen) atoms. The zero-order chi connectivity index (χ0) is 14.1. The molecule has 1 saturated heterocycles. The maximum atomic E-state index is 11.1. The fourth-order valence-electron chi connectivity index (χ4n) is 2.37. The standard InChI is InChI=1S/C13H13N3O4/c17-7-10-9-5-8(13(18)19)6-14-12(9)16(15-10)11-3-1-2-4-20-11/h5-7,11H,1-4H2,(H,18,19). The molecule has 0 saturated carbocycles. The molecule has 0 aliphatic carbocycles. The van der Waals surface area contributed by atoms with E-state index in [4.69, 9.17) is 9.84 Å². The fourth-order valence-corrected chi connectivity index (χ4v) is 2.37. The van der Waals surface area contributed by atoms with Crippen molar-refractivity contribution in [3.05, 3.63) is 23.5 Å². The lowest BCUT2D eigenvalue weighted by Crippen LogP contribution is -2.19. The summed E-state index contributed by atoms with van der Waals surface area (Å²) >= 11 is 0. The van der Waals surface area contributed by atoms with E-state index < -0.39 is 5.97 Å². The van der Waals surface area contributed by atoms with Crippen LogP contribution in [0.4, 0.5) is 0 Å². The number of carbonyl (C=O) groups is 2. The van der Waals surface area contributed by atoms with Gasteiger partial charge in [0.25, 0.3) is 0 Å². The molecule has 0 aromatic carbocycles. The van der Waals surface area contributed by atoms with Crippen LogP contribution >= 0.6 is 0 Å². The molecule has 2 aromatic heterocycles. The van der Waals surface area contributed by atoms with Crippen molar-refractivity contribution in [3.8, 4) is 0 Å². The van der Waals surface area contributed by atoms with Gasteiger partial charge in [-0.1, -0.05) is 0 Å². The molecule has 7 nitrogen and oxygen atoms in total. The number of carboxylic acids is 1. The summed E-state index contributed by atoms with van der Waals surface area (Å²) < 4.78 is 7.21. The first-order valence-electron chi connectivity index (χ1n) is 6.39. The third-order valence-electron chi connectivity index (χ3n) is 3.36. The lowest BCUT2D eigenvalue weighted by molar-refractivity contribution is -0.0370. The predicted octanol–water partition coefficient (Wildman–Crippen LogP) is 1.64. The molecule has 0 radical (unpaired) electrons. The monoisotopic (exact) mass is 275 g/mol. The average Bonchev–Trinajstić information content (AvgIpc) is 2.86. The van der Waals surface area contributed by atoms with Crippen LogP contribution in [0.2, 0.25) is 0 Å². The van der Waals surface area contributed by atoms with Gasteiger partial charge in [-0.2, -0.15) is 5.10 Å². The van der Waals surface area contributed by atoms with Crippen LogP contribution in [-0.2, 0) is 4.74 Å². The van der Waals surface area contributed by atoms with Crippen molar-refractivity contribution in [1.29, 1.82) is 0 Å². The van der Waals surface area contributed by atoms with Crippen LogP contribution in [0.1, 0.15) is 46.3 Å². The third-order valence-corrected chi connectivity index (χ3v) is 3.36. The number of pyridine rings is 1. The van der Waals surface area contributed by atoms with E-state index in [-0.39, 0.29) is 17.5 Å². The zero-order valence-corrected chi connectivity index (χ0v) is 10.7. The highest BCUT2D eigenvalue weighted by molar-refractivity contribution is 5.98. The summed E-state index contributed by atoms with van der Waals surface area (Å²) in [6.45, 7) is 0.648. The Labute approximate surface area is 114 Å². The second kappa shape index (κ2) is 5.01. The van der Waals surface area contributed by atoms with E-state index in [2.05, 4.69) is 10.1 Å². The molecule has 0 amide bonds. The Morgan fingerprint density at radius 2 is 2.35 bits per heavy atom. The van der Waals surface area contributed by atoms with E-state index in [1.54, 1.807) is 4.68 Å². The number of carboxylic acid groups (broad SMARTS) is 1. The minimum atomic E-state index is -1.09. The molecule has 0 bridgehead atoms. The van der Waals surface area contributed by atoms with E-state index in [0.717, 1.165) is 19.3 Å². The molecule has 1 unspecified atom stereocenters. The number of ether oxygens (including phenoxy) is 1. The first-order valence-corrected chi connectivity index (χ1v) is 6.39. The van der Waals surface area contributed by atoms with E-state index in [0.29, 0.717) is 23.9 Å². The van der Waals surface area contributed by atoms with Gasteiger partial charge in [-0.05, 0) is 25.3 Å². The van der Waals surface area contributed by atoms with Crippen LogP contribution < -0.4 is 0 Å². The predicted molar refractivity (Wildman–Crippen MR) is 68.7 cm³/mol. The Balaban J connectivity index is 2.13. The molecule has 104 valence electrons. The number of hydrogen-bond donors (Lipinski definition) is 1. The van der Waals surface area contributed by atoms with Crippen LogP contribution in [0, 0.1) is 0 Å². The Morgan fingerprint density at radius 3 is 3.00 bits per heavy atom. The largest absolute Gasteiger partial charge is 0.478 e. The van der Waals surface area contributed by atoms with Gasteiger partial charge >= 0.3 is 5.97 Å². The van der Waals surface area contributed by atoms with Crippen LogP contribution in [0.25, 0.3) is 11.0 Å². The topological polar surface area (TPSA) is 94.3 Å². The van der Waals surface area contributed by atoms with Gasteiger partial charge in [0.15, 0.2) is 18.2 Å². The summed E-state index contributed by atoms with van der Waals surface area (Å²) in [6.07, 6.45) is 4.46. The van der Waals surface area contributed by atoms with Gasteiger partial charge in [0, 0.05) is 12.8 Å². The lowest BCUT2D eigenvalue weighted by atomic mass is 10.2. The van der Waals surface area contributed by atoms with Gasteiger partial charge in [-0.25, -0.2) is 14.5 Å². The first kappa shape index (κ1) is 12.7. The molecule has 3 rings (SSSR count). The van der Waals surface area contributed by atoms with Crippen LogP contribution in [0.15, 0.2) is 12.3 Å². The number of aromatic carboxylic acids is 1. The maximum absolute atomic E-state index is 11.1. The van der Waals surface area contributed by atoms with Crippen molar-refractivity contribution in [1.82, 2.24) is 14.8 Å². The number of aldehydes is 1. The zero-order valence-electron chi connectivity index (χ0n) is 10.7. The lowest BCUT2D eigenvalue weighted by Gasteiger charge is -2.22. The second-order valence-corrected chi connectivity index (χ2v) is 4.67. The summed E-state index contributed by atoms with van der Waals surface area (Å²) in [5.41, 5.74) is 0.693. The highest BCUT2D eigenvalue weighted by Crippen LogP contribution is 2.27.